The van der Waals surface area contributed by atoms with Gasteiger partial charge in [0.25, 0.3) is 11.8 Å². The number of nitrogens with zero attached hydrogens (tertiary/aromatic N) is 4. The minimum absolute atomic E-state index is 0.0597. The van der Waals surface area contributed by atoms with Crippen LogP contribution >= 0.6 is 31.9 Å². The quantitative estimate of drug-likeness (QED) is 0.0568. The number of fused-ring (bicyclic) bond motifs is 4. The number of aryl methyl sites for hydroxylation is 1. The Balaban J connectivity index is 0.909. The van der Waals surface area contributed by atoms with E-state index in [2.05, 4.69) is 60.6 Å². The highest BCUT2D eigenvalue weighted by Gasteiger charge is 2.40. The molecule has 6 rings (SSSR count). The molecule has 4 heterocycles. The summed E-state index contributed by atoms with van der Waals surface area (Å²) in [7, 11) is 1.54. The summed E-state index contributed by atoms with van der Waals surface area (Å²) in [6.07, 6.45) is 6.10. The Morgan fingerprint density at radius 2 is 1.42 bits per heavy atom. The Hall–Kier alpha value is -5.19. The second kappa shape index (κ2) is 27.7. The van der Waals surface area contributed by atoms with Crippen molar-refractivity contribution in [2.24, 2.45) is 4.99 Å². The Kier molecular flexibility index (Phi) is 21.6. The molecule has 0 saturated carbocycles. The van der Waals surface area contributed by atoms with Crippen LogP contribution in [0.4, 0.5) is 11.4 Å². The number of ether oxygens (including phenoxy) is 6. The maximum atomic E-state index is 13.9. The summed E-state index contributed by atoms with van der Waals surface area (Å²) in [5.74, 6) is -0.0456. The summed E-state index contributed by atoms with van der Waals surface area (Å²) in [6, 6.07) is 6.72. The summed E-state index contributed by atoms with van der Waals surface area (Å²) in [4.78, 5) is 86.4. The molecule has 0 spiro atoms. The Morgan fingerprint density at radius 3 is 2.15 bits per heavy atom. The summed E-state index contributed by atoms with van der Waals surface area (Å²) < 4.78 is 34.5. The number of nitrogens with one attached hydrogen (secondary N) is 2. The molecule has 0 aromatic heterocycles. The highest BCUT2D eigenvalue weighted by atomic mass is 79.9. The molecule has 72 heavy (non-hydrogen) atoms. The topological polar surface area (TPSA) is 224 Å². The number of carbonyl (C=O) groups is 6. The van der Waals surface area contributed by atoms with E-state index in [0.717, 1.165) is 36.0 Å². The smallest absolute Gasteiger partial charge is 0.257 e. The van der Waals surface area contributed by atoms with Gasteiger partial charge in [0.2, 0.25) is 17.7 Å². The number of amides is 5. The molecule has 2 fully saturated rings. The number of unbranched alkanes of at least 4 members (excludes halogenated alkanes) is 2. The van der Waals surface area contributed by atoms with Crippen LogP contribution in [0.3, 0.4) is 0 Å². The van der Waals surface area contributed by atoms with E-state index in [-0.39, 0.29) is 101 Å². The predicted octanol–water partition coefficient (Wildman–Crippen LogP) is 4.78. The standard InChI is InChI=1S/C51H66Br2N6O13/c1-32-21-35-27-55-40-25-44(43(67-4)24-38(40)50(65)57(35)29-32)72-15-7-5-6-14-71-42-26-41-39(23-34(42)3)51(66)58-30-33(2)22-36(58)31-59(41)45(62)10-16-69-19-20-70-17-11-54-48(63)46(52)47(53)49(64)56-28-37(61)9-8-13-68-18-12-60/h23-27,35-36,46-47,60H,1-2,5-22,28-31H2,3-4H3,(H,54,63)(H,56,64)/t35-,36-,46?,47?/m0/s1. The van der Waals surface area contributed by atoms with Crippen LogP contribution in [0, 0.1) is 6.92 Å². The van der Waals surface area contributed by atoms with Gasteiger partial charge in [0, 0.05) is 57.6 Å². The molecule has 4 atom stereocenters. The molecular weight excluding hydrogens is 1060 g/mol. The van der Waals surface area contributed by atoms with Gasteiger partial charge in [-0.2, -0.15) is 0 Å². The van der Waals surface area contributed by atoms with Crippen molar-refractivity contribution in [3.8, 4) is 17.2 Å². The van der Waals surface area contributed by atoms with Crippen LogP contribution in [0.1, 0.15) is 77.6 Å². The van der Waals surface area contributed by atoms with E-state index in [1.54, 1.807) is 52.3 Å². The van der Waals surface area contributed by atoms with Gasteiger partial charge >= 0.3 is 0 Å². The van der Waals surface area contributed by atoms with Gasteiger partial charge in [0.05, 0.1) is 108 Å². The molecule has 2 saturated heterocycles. The van der Waals surface area contributed by atoms with E-state index < -0.39 is 21.5 Å². The summed E-state index contributed by atoms with van der Waals surface area (Å²) >= 11 is 6.45. The Bertz CT molecular complexity index is 2350. The molecule has 4 aliphatic heterocycles. The fourth-order valence-corrected chi connectivity index (χ4v) is 9.50. The Labute approximate surface area is 437 Å². The van der Waals surface area contributed by atoms with Gasteiger partial charge in [0.15, 0.2) is 17.3 Å². The predicted molar refractivity (Wildman–Crippen MR) is 277 cm³/mol. The molecule has 4 aliphatic rings. The number of hydrogen-bond donors (Lipinski definition) is 3. The number of aliphatic hydroxyl groups is 1. The lowest BCUT2D eigenvalue weighted by atomic mass is 10.1. The van der Waals surface area contributed by atoms with E-state index >= 15 is 0 Å². The zero-order chi connectivity index (χ0) is 51.7. The first-order valence-corrected chi connectivity index (χ1v) is 26.1. The average Bonchev–Trinajstić information content (AvgIpc) is 3.88. The van der Waals surface area contributed by atoms with Gasteiger partial charge in [-0.1, -0.05) is 56.2 Å². The van der Waals surface area contributed by atoms with Crippen molar-refractivity contribution in [1.82, 2.24) is 20.4 Å². The monoisotopic (exact) mass is 1130 g/mol. The number of aliphatic hydroxyl groups excluding tert-OH is 1. The molecule has 19 nitrogen and oxygen atoms in total. The van der Waals surface area contributed by atoms with Crippen LogP contribution in [0.15, 0.2) is 53.6 Å². The van der Waals surface area contributed by atoms with Gasteiger partial charge in [-0.3, -0.25) is 33.8 Å². The van der Waals surface area contributed by atoms with Crippen molar-refractivity contribution >= 4 is 84.8 Å². The first-order valence-electron chi connectivity index (χ1n) is 24.3. The number of aliphatic imine (C=N–C) groups is 1. The second-order valence-electron chi connectivity index (χ2n) is 18.0. The van der Waals surface area contributed by atoms with E-state index in [1.165, 1.54) is 0 Å². The fraction of sp³-hybridized carbons (Fsp3) is 0.549. The molecular formula is C51H66Br2N6O13. The molecule has 2 aromatic carbocycles. The molecule has 392 valence electrons. The maximum absolute atomic E-state index is 13.9. The van der Waals surface area contributed by atoms with Crippen LogP contribution < -0.4 is 29.7 Å². The van der Waals surface area contributed by atoms with Crippen molar-refractivity contribution in [3.63, 3.8) is 0 Å². The SMILES string of the molecule is C=C1C[C@H]2CN(C(=O)CCOCCOCCNC(=O)C(Br)C(Br)C(=O)NCC(=O)CCCOCCO)c3cc(OCCCCCOc4cc5c(cc4OC)C(=O)N4CC(=C)C[C@H]4C=N5)c(C)cc3C(=O)N2C1. The minimum atomic E-state index is -0.930. The van der Waals surface area contributed by atoms with Crippen LogP contribution in [-0.4, -0.2) is 177 Å². The lowest BCUT2D eigenvalue weighted by Crippen LogP contribution is -2.45. The molecule has 21 heteroatoms. The van der Waals surface area contributed by atoms with Gasteiger partial charge < -0.3 is 58.9 Å². The Morgan fingerprint density at radius 1 is 0.750 bits per heavy atom. The van der Waals surface area contributed by atoms with E-state index in [0.29, 0.717) is 98.5 Å². The highest BCUT2D eigenvalue weighted by molar-refractivity contribution is 9.12. The number of carbonyl (C=O) groups excluding carboxylic acids is 6. The number of anilines is 1. The number of Topliss-reactive ketones (excluding diaryl/α,β-unsaturated/α-hetero) is 1. The summed E-state index contributed by atoms with van der Waals surface area (Å²) in [5.41, 5.74) is 4.66. The van der Waals surface area contributed by atoms with Crippen molar-refractivity contribution in [2.75, 3.05) is 104 Å². The normalized spacial score (nSPS) is 17.9. The number of halogens is 2. The van der Waals surface area contributed by atoms with Gasteiger partial charge in [0.1, 0.15) is 15.4 Å². The maximum Gasteiger partial charge on any atom is 0.257 e. The summed E-state index contributed by atoms with van der Waals surface area (Å²) in [6.45, 7) is 13.3. The number of hydrogen-bond acceptors (Lipinski definition) is 14. The number of benzene rings is 2. The van der Waals surface area contributed by atoms with Crippen LogP contribution in [-0.2, 0) is 33.4 Å². The molecule has 5 amide bonds. The van der Waals surface area contributed by atoms with E-state index in [9.17, 15) is 28.8 Å². The van der Waals surface area contributed by atoms with E-state index in [4.69, 9.17) is 33.5 Å². The van der Waals surface area contributed by atoms with Gasteiger partial charge in [-0.25, -0.2) is 0 Å². The number of rotatable bonds is 29. The van der Waals surface area contributed by atoms with Gasteiger partial charge in [-0.15, -0.1) is 0 Å². The third-order valence-corrected chi connectivity index (χ3v) is 15.1. The number of alkyl halides is 2. The largest absolute Gasteiger partial charge is 0.493 e. The first-order chi connectivity index (χ1) is 34.7. The van der Waals surface area contributed by atoms with Gasteiger partial charge in [-0.05, 0) is 63.1 Å². The number of methoxy groups -OCH3 is 1. The van der Waals surface area contributed by atoms with Crippen LogP contribution in [0.5, 0.6) is 17.2 Å². The third kappa shape index (κ3) is 15.2. The lowest BCUT2D eigenvalue weighted by molar-refractivity contribution is -0.126. The number of ketones is 1. The average molecular weight is 1130 g/mol. The van der Waals surface area contributed by atoms with Crippen LogP contribution in [0.25, 0.3) is 0 Å². The lowest BCUT2D eigenvalue weighted by Gasteiger charge is -2.26. The van der Waals surface area contributed by atoms with Crippen molar-refractivity contribution in [3.05, 3.63) is 65.3 Å². The highest BCUT2D eigenvalue weighted by Crippen LogP contribution is 2.40. The van der Waals surface area contributed by atoms with Crippen molar-refractivity contribution < 1.29 is 62.3 Å². The minimum Gasteiger partial charge on any atom is -0.493 e. The molecule has 3 N–H and O–H groups in total. The van der Waals surface area contributed by atoms with Crippen molar-refractivity contribution in [2.45, 2.75) is 80.0 Å². The fourth-order valence-electron chi connectivity index (χ4n) is 8.69. The second-order valence-corrected chi connectivity index (χ2v) is 19.9. The van der Waals surface area contributed by atoms with Crippen molar-refractivity contribution in [1.29, 1.82) is 0 Å². The summed E-state index contributed by atoms with van der Waals surface area (Å²) in [5, 5.41) is 13.9. The zero-order valence-electron chi connectivity index (χ0n) is 41.1. The molecule has 2 unspecified atom stereocenters. The van der Waals surface area contributed by atoms with Crippen LogP contribution in [0.2, 0.25) is 0 Å². The molecule has 0 aliphatic carbocycles. The zero-order valence-corrected chi connectivity index (χ0v) is 44.2. The molecule has 0 radical (unpaired) electrons. The molecule has 2 aromatic rings. The molecule has 0 bridgehead atoms. The third-order valence-electron chi connectivity index (χ3n) is 12.5. The first kappa shape index (κ1) is 56.1. The van der Waals surface area contributed by atoms with E-state index in [1.807, 2.05) is 6.92 Å².